The molecule has 0 saturated heterocycles. The third-order valence-electron chi connectivity index (χ3n) is 4.64. The van der Waals surface area contributed by atoms with Gasteiger partial charge in [0, 0.05) is 6.54 Å². The first-order chi connectivity index (χ1) is 9.76. The number of rotatable bonds is 4. The molecule has 4 heteroatoms. The molecule has 0 spiro atoms. The van der Waals surface area contributed by atoms with Crippen LogP contribution in [0.3, 0.4) is 0 Å². The molecule has 1 saturated carbocycles. The summed E-state index contributed by atoms with van der Waals surface area (Å²) in [5.74, 6) is 2.83. The van der Waals surface area contributed by atoms with Crippen molar-refractivity contribution in [2.75, 3.05) is 11.9 Å². The second-order valence-electron chi connectivity index (χ2n) is 6.12. The van der Waals surface area contributed by atoms with E-state index in [0.717, 1.165) is 29.8 Å². The predicted molar refractivity (Wildman–Crippen MR) is 82.0 cm³/mol. The molecule has 0 radical (unpaired) electrons. The average Bonchev–Trinajstić information content (AvgIpc) is 2.93. The highest BCUT2D eigenvalue weighted by molar-refractivity contribution is 5.51. The monoisotopic (exact) mass is 272 g/mol. The molecule has 0 bridgehead atoms. The minimum Gasteiger partial charge on any atom is -0.370 e. The van der Waals surface area contributed by atoms with Crippen molar-refractivity contribution in [3.05, 3.63) is 24.0 Å². The van der Waals surface area contributed by atoms with E-state index < -0.39 is 0 Å². The maximum Gasteiger partial charge on any atom is 0.157 e. The minimum atomic E-state index is 0.803. The maximum atomic E-state index is 4.29. The minimum absolute atomic E-state index is 0.803. The highest BCUT2D eigenvalue weighted by Crippen LogP contribution is 2.30. The first-order valence-corrected chi connectivity index (χ1v) is 7.80. The van der Waals surface area contributed by atoms with Crippen molar-refractivity contribution >= 4 is 11.5 Å². The fourth-order valence-electron chi connectivity index (χ4n) is 3.28. The van der Waals surface area contributed by atoms with Crippen molar-refractivity contribution in [2.24, 2.45) is 11.8 Å². The standard InChI is InChI=1S/C16H24N4/c1-3-13-4-6-14(7-5-13)10-17-15-8-12(2)9-16-18-11-19-20(15)16/h8-9,11,13-14,17H,3-7,10H2,1-2H3. The Bertz CT molecular complexity index is 567. The number of pyridine rings is 1. The SMILES string of the molecule is CCC1CCC(CNc2cc(C)cc3ncnn23)CC1. The van der Waals surface area contributed by atoms with E-state index in [4.69, 9.17) is 0 Å². The van der Waals surface area contributed by atoms with Crippen LogP contribution in [0.25, 0.3) is 5.65 Å². The van der Waals surface area contributed by atoms with E-state index in [2.05, 4.69) is 41.4 Å². The molecule has 1 N–H and O–H groups in total. The molecular formula is C16H24N4. The lowest BCUT2D eigenvalue weighted by Gasteiger charge is -2.28. The summed E-state index contributed by atoms with van der Waals surface area (Å²) in [5.41, 5.74) is 2.14. The quantitative estimate of drug-likeness (QED) is 0.923. The molecule has 2 aromatic heterocycles. The Morgan fingerprint density at radius 3 is 2.70 bits per heavy atom. The Hall–Kier alpha value is -1.58. The van der Waals surface area contributed by atoms with Crippen molar-refractivity contribution in [1.82, 2.24) is 14.6 Å². The molecule has 0 amide bonds. The number of anilines is 1. The van der Waals surface area contributed by atoms with Gasteiger partial charge >= 0.3 is 0 Å². The highest BCUT2D eigenvalue weighted by Gasteiger charge is 2.19. The van der Waals surface area contributed by atoms with E-state index in [1.807, 2.05) is 4.52 Å². The molecule has 0 unspecified atom stereocenters. The molecule has 1 aliphatic rings. The zero-order valence-corrected chi connectivity index (χ0v) is 12.5. The van der Waals surface area contributed by atoms with E-state index in [1.165, 1.54) is 37.7 Å². The Labute approximate surface area is 120 Å². The van der Waals surface area contributed by atoms with Crippen LogP contribution in [0.2, 0.25) is 0 Å². The Morgan fingerprint density at radius 1 is 1.20 bits per heavy atom. The van der Waals surface area contributed by atoms with E-state index in [-0.39, 0.29) is 0 Å². The molecule has 3 rings (SSSR count). The summed E-state index contributed by atoms with van der Waals surface area (Å²) in [6.07, 6.45) is 8.48. The van der Waals surface area contributed by atoms with Crippen molar-refractivity contribution in [2.45, 2.75) is 46.0 Å². The first-order valence-electron chi connectivity index (χ1n) is 7.80. The molecule has 0 aliphatic heterocycles. The van der Waals surface area contributed by atoms with Crippen LogP contribution < -0.4 is 5.32 Å². The molecule has 0 aromatic carbocycles. The number of hydrogen-bond donors (Lipinski definition) is 1. The zero-order valence-electron chi connectivity index (χ0n) is 12.5. The molecule has 1 fully saturated rings. The molecule has 2 heterocycles. The van der Waals surface area contributed by atoms with Crippen LogP contribution in [-0.2, 0) is 0 Å². The van der Waals surface area contributed by atoms with Crippen LogP contribution in [-0.4, -0.2) is 21.1 Å². The lowest BCUT2D eigenvalue weighted by molar-refractivity contribution is 0.278. The predicted octanol–water partition coefficient (Wildman–Crippen LogP) is 3.67. The zero-order chi connectivity index (χ0) is 13.9. The molecule has 4 nitrogen and oxygen atoms in total. The van der Waals surface area contributed by atoms with Gasteiger partial charge in [-0.25, -0.2) is 4.98 Å². The van der Waals surface area contributed by atoms with Crippen LogP contribution >= 0.6 is 0 Å². The number of fused-ring (bicyclic) bond motifs is 1. The van der Waals surface area contributed by atoms with E-state index in [1.54, 1.807) is 6.33 Å². The molecule has 108 valence electrons. The Morgan fingerprint density at radius 2 is 1.95 bits per heavy atom. The largest absolute Gasteiger partial charge is 0.370 e. The van der Waals surface area contributed by atoms with Gasteiger partial charge in [0.05, 0.1) is 0 Å². The van der Waals surface area contributed by atoms with Gasteiger partial charge in [0.1, 0.15) is 12.1 Å². The highest BCUT2D eigenvalue weighted by atomic mass is 15.3. The molecule has 20 heavy (non-hydrogen) atoms. The Balaban J connectivity index is 1.64. The van der Waals surface area contributed by atoms with Crippen LogP contribution in [0.15, 0.2) is 18.5 Å². The lowest BCUT2D eigenvalue weighted by atomic mass is 9.81. The van der Waals surface area contributed by atoms with Gasteiger partial charge in [-0.05, 0) is 49.3 Å². The topological polar surface area (TPSA) is 42.2 Å². The lowest BCUT2D eigenvalue weighted by Crippen LogP contribution is -2.21. The van der Waals surface area contributed by atoms with E-state index in [9.17, 15) is 0 Å². The van der Waals surface area contributed by atoms with E-state index in [0.29, 0.717) is 0 Å². The summed E-state index contributed by atoms with van der Waals surface area (Å²) in [6, 6.07) is 4.21. The average molecular weight is 272 g/mol. The van der Waals surface area contributed by atoms with Gasteiger partial charge in [0.25, 0.3) is 0 Å². The van der Waals surface area contributed by atoms with Crippen LogP contribution in [0.4, 0.5) is 5.82 Å². The fourth-order valence-corrected chi connectivity index (χ4v) is 3.28. The number of nitrogens with zero attached hydrogens (tertiary/aromatic N) is 3. The van der Waals surface area contributed by atoms with Gasteiger partial charge in [-0.2, -0.15) is 9.61 Å². The molecule has 0 atom stereocenters. The number of hydrogen-bond acceptors (Lipinski definition) is 3. The van der Waals surface area contributed by atoms with Crippen molar-refractivity contribution in [3.8, 4) is 0 Å². The smallest absolute Gasteiger partial charge is 0.157 e. The summed E-state index contributed by atoms with van der Waals surface area (Å²) in [5, 5.41) is 7.87. The normalized spacial score (nSPS) is 23.1. The molecular weight excluding hydrogens is 248 g/mol. The number of nitrogens with one attached hydrogen (secondary N) is 1. The maximum absolute atomic E-state index is 4.29. The summed E-state index contributed by atoms with van der Waals surface area (Å²) in [7, 11) is 0. The first kappa shape index (κ1) is 13.4. The summed E-state index contributed by atoms with van der Waals surface area (Å²) < 4.78 is 1.89. The second kappa shape index (κ2) is 5.81. The Kier molecular flexibility index (Phi) is 3.90. The third-order valence-corrected chi connectivity index (χ3v) is 4.64. The van der Waals surface area contributed by atoms with Crippen molar-refractivity contribution in [1.29, 1.82) is 0 Å². The van der Waals surface area contributed by atoms with Crippen molar-refractivity contribution in [3.63, 3.8) is 0 Å². The summed E-state index contributed by atoms with van der Waals surface area (Å²) in [4.78, 5) is 4.27. The van der Waals surface area contributed by atoms with Gasteiger partial charge < -0.3 is 5.32 Å². The third kappa shape index (κ3) is 2.79. The fraction of sp³-hybridized carbons (Fsp3) is 0.625. The summed E-state index contributed by atoms with van der Waals surface area (Å²) >= 11 is 0. The number of aromatic nitrogens is 3. The molecule has 1 aliphatic carbocycles. The van der Waals surface area contributed by atoms with Crippen LogP contribution in [0, 0.1) is 18.8 Å². The van der Waals surface area contributed by atoms with Gasteiger partial charge in [-0.15, -0.1) is 0 Å². The van der Waals surface area contributed by atoms with Crippen LogP contribution in [0.1, 0.15) is 44.6 Å². The number of aryl methyl sites for hydroxylation is 1. The van der Waals surface area contributed by atoms with Gasteiger partial charge in [0.15, 0.2) is 5.65 Å². The van der Waals surface area contributed by atoms with E-state index >= 15 is 0 Å². The van der Waals surface area contributed by atoms with Crippen LogP contribution in [0.5, 0.6) is 0 Å². The van der Waals surface area contributed by atoms with Crippen molar-refractivity contribution < 1.29 is 0 Å². The van der Waals surface area contributed by atoms with Gasteiger partial charge in [-0.3, -0.25) is 0 Å². The second-order valence-corrected chi connectivity index (χ2v) is 6.12. The van der Waals surface area contributed by atoms with Gasteiger partial charge in [0.2, 0.25) is 0 Å². The summed E-state index contributed by atoms with van der Waals surface area (Å²) in [6.45, 7) is 5.47. The molecule has 2 aromatic rings. The van der Waals surface area contributed by atoms with Gasteiger partial charge in [-0.1, -0.05) is 26.2 Å².